The Labute approximate surface area is 184 Å². The Morgan fingerprint density at radius 3 is 2.29 bits per heavy atom. The number of thioether (sulfide) groups is 1. The van der Waals surface area contributed by atoms with Crippen molar-refractivity contribution in [3.8, 4) is 5.69 Å². The van der Waals surface area contributed by atoms with Crippen molar-refractivity contribution in [1.29, 1.82) is 0 Å². The van der Waals surface area contributed by atoms with Crippen LogP contribution in [0, 0.1) is 19.7 Å². The van der Waals surface area contributed by atoms with Crippen LogP contribution in [-0.2, 0) is 5.75 Å². The second kappa shape index (κ2) is 9.14. The van der Waals surface area contributed by atoms with Crippen LogP contribution in [0.3, 0.4) is 0 Å². The molecule has 0 saturated heterocycles. The van der Waals surface area contributed by atoms with Gasteiger partial charge in [0.2, 0.25) is 0 Å². The van der Waals surface area contributed by atoms with Gasteiger partial charge in [0.05, 0.1) is 0 Å². The number of hydrogen-bond donors (Lipinski definition) is 1. The lowest BCUT2D eigenvalue weighted by Gasteiger charge is -2.09. The summed E-state index contributed by atoms with van der Waals surface area (Å²) in [5.74, 6) is 0.956. The maximum Gasteiger partial charge on any atom is 0.255 e. The molecule has 4 aromatic rings. The average Bonchev–Trinajstić information content (AvgIpc) is 3.15. The smallest absolute Gasteiger partial charge is 0.255 e. The van der Waals surface area contributed by atoms with Crippen LogP contribution in [0.2, 0.25) is 0 Å². The minimum atomic E-state index is -0.340. The van der Waals surface area contributed by atoms with Gasteiger partial charge in [-0.05, 0) is 67.9 Å². The maximum absolute atomic E-state index is 13.0. The van der Waals surface area contributed by atoms with Crippen LogP contribution in [0.15, 0.2) is 78.0 Å². The molecule has 0 fully saturated rings. The normalized spacial score (nSPS) is 10.8. The van der Waals surface area contributed by atoms with Gasteiger partial charge in [0.1, 0.15) is 11.6 Å². The molecule has 0 spiro atoms. The predicted octanol–water partition coefficient (Wildman–Crippen LogP) is 5.57. The number of hydrogen-bond acceptors (Lipinski definition) is 4. The first-order chi connectivity index (χ1) is 15.0. The lowest BCUT2D eigenvalue weighted by Crippen LogP contribution is -2.11. The van der Waals surface area contributed by atoms with E-state index in [1.54, 1.807) is 23.9 Å². The summed E-state index contributed by atoms with van der Waals surface area (Å²) in [6, 6.07) is 21.4. The van der Waals surface area contributed by atoms with E-state index in [-0.39, 0.29) is 11.7 Å². The number of aromatic nitrogens is 3. The van der Waals surface area contributed by atoms with Crippen LogP contribution in [0.4, 0.5) is 10.1 Å². The molecule has 7 heteroatoms. The van der Waals surface area contributed by atoms with Crippen molar-refractivity contribution in [2.75, 3.05) is 5.32 Å². The monoisotopic (exact) mass is 432 g/mol. The SMILES string of the molecule is Cc1ccc(-n2c(C)nnc2SCc2ccc(C(=O)Nc3ccc(F)cc3)cc2)cc1. The zero-order chi connectivity index (χ0) is 21.8. The number of aryl methyl sites for hydroxylation is 2. The highest BCUT2D eigenvalue weighted by atomic mass is 32.2. The van der Waals surface area contributed by atoms with Gasteiger partial charge in [0, 0.05) is 22.7 Å². The quantitative estimate of drug-likeness (QED) is 0.405. The average molecular weight is 433 g/mol. The fourth-order valence-electron chi connectivity index (χ4n) is 3.06. The van der Waals surface area contributed by atoms with Crippen LogP contribution in [0.25, 0.3) is 5.69 Å². The standard InChI is InChI=1S/C24H21FN4OS/c1-16-3-13-22(14-4-16)29-17(2)27-28-24(29)31-15-18-5-7-19(8-6-18)23(30)26-21-11-9-20(25)10-12-21/h3-14H,15H2,1-2H3,(H,26,30). The number of amides is 1. The zero-order valence-corrected chi connectivity index (χ0v) is 18.0. The van der Waals surface area contributed by atoms with Gasteiger partial charge in [0.25, 0.3) is 5.91 Å². The molecule has 156 valence electrons. The molecular formula is C24H21FN4OS. The summed E-state index contributed by atoms with van der Waals surface area (Å²) in [6.45, 7) is 3.99. The van der Waals surface area contributed by atoms with Gasteiger partial charge in [-0.15, -0.1) is 10.2 Å². The molecule has 0 bridgehead atoms. The van der Waals surface area contributed by atoms with Crippen molar-refractivity contribution in [3.63, 3.8) is 0 Å². The lowest BCUT2D eigenvalue weighted by atomic mass is 10.1. The highest BCUT2D eigenvalue weighted by molar-refractivity contribution is 7.98. The summed E-state index contributed by atoms with van der Waals surface area (Å²) in [5.41, 5.74) is 4.39. The molecule has 1 heterocycles. The lowest BCUT2D eigenvalue weighted by molar-refractivity contribution is 0.102. The second-order valence-electron chi connectivity index (χ2n) is 7.15. The van der Waals surface area contributed by atoms with Gasteiger partial charge in [-0.1, -0.05) is 41.6 Å². The largest absolute Gasteiger partial charge is 0.322 e. The molecule has 3 aromatic carbocycles. The van der Waals surface area contributed by atoms with Crippen molar-refractivity contribution in [2.24, 2.45) is 0 Å². The molecule has 0 aliphatic rings. The van der Waals surface area contributed by atoms with Crippen LogP contribution in [0.1, 0.15) is 27.3 Å². The molecule has 0 aliphatic carbocycles. The molecule has 31 heavy (non-hydrogen) atoms. The van der Waals surface area contributed by atoms with Gasteiger partial charge >= 0.3 is 0 Å². The Morgan fingerprint density at radius 2 is 1.61 bits per heavy atom. The minimum absolute atomic E-state index is 0.236. The van der Waals surface area contributed by atoms with Crippen molar-refractivity contribution in [3.05, 3.63) is 101 Å². The van der Waals surface area contributed by atoms with E-state index in [0.717, 1.165) is 22.2 Å². The van der Waals surface area contributed by atoms with Crippen LogP contribution in [-0.4, -0.2) is 20.7 Å². The maximum atomic E-state index is 13.0. The van der Waals surface area contributed by atoms with Gasteiger partial charge < -0.3 is 5.32 Å². The molecule has 0 saturated carbocycles. The van der Waals surface area contributed by atoms with E-state index in [2.05, 4.69) is 46.7 Å². The van der Waals surface area contributed by atoms with E-state index in [1.807, 2.05) is 23.6 Å². The molecule has 4 rings (SSSR count). The van der Waals surface area contributed by atoms with E-state index in [1.165, 1.54) is 29.8 Å². The van der Waals surface area contributed by atoms with Crippen molar-refractivity contribution >= 4 is 23.4 Å². The molecule has 0 unspecified atom stereocenters. The Bertz CT molecular complexity index is 1190. The summed E-state index contributed by atoms with van der Waals surface area (Å²) in [7, 11) is 0. The summed E-state index contributed by atoms with van der Waals surface area (Å²) >= 11 is 1.59. The van der Waals surface area contributed by atoms with Crippen LogP contribution in [0.5, 0.6) is 0 Å². The van der Waals surface area contributed by atoms with E-state index < -0.39 is 0 Å². The minimum Gasteiger partial charge on any atom is -0.322 e. The highest BCUT2D eigenvalue weighted by Crippen LogP contribution is 2.25. The Balaban J connectivity index is 1.42. The van der Waals surface area contributed by atoms with Gasteiger partial charge in [0.15, 0.2) is 5.16 Å². The fraction of sp³-hybridized carbons (Fsp3) is 0.125. The Morgan fingerprint density at radius 1 is 0.935 bits per heavy atom. The van der Waals surface area contributed by atoms with Gasteiger partial charge in [-0.3, -0.25) is 9.36 Å². The number of benzene rings is 3. The Kier molecular flexibility index (Phi) is 6.13. The summed E-state index contributed by atoms with van der Waals surface area (Å²) < 4.78 is 15.0. The molecule has 0 aliphatic heterocycles. The summed E-state index contributed by atoms with van der Waals surface area (Å²) in [6.07, 6.45) is 0. The number of halogens is 1. The highest BCUT2D eigenvalue weighted by Gasteiger charge is 2.12. The number of anilines is 1. The third-order valence-electron chi connectivity index (χ3n) is 4.77. The third kappa shape index (κ3) is 5.00. The van der Waals surface area contributed by atoms with E-state index in [9.17, 15) is 9.18 Å². The molecule has 1 aromatic heterocycles. The first kappa shape index (κ1) is 20.8. The van der Waals surface area contributed by atoms with E-state index >= 15 is 0 Å². The van der Waals surface area contributed by atoms with E-state index in [0.29, 0.717) is 17.0 Å². The van der Waals surface area contributed by atoms with Crippen molar-refractivity contribution in [1.82, 2.24) is 14.8 Å². The van der Waals surface area contributed by atoms with Gasteiger partial charge in [-0.25, -0.2) is 4.39 Å². The Hall–Kier alpha value is -3.45. The molecule has 0 atom stereocenters. The number of carbonyl (C=O) groups is 1. The van der Waals surface area contributed by atoms with Crippen LogP contribution >= 0.6 is 11.8 Å². The molecule has 1 amide bonds. The van der Waals surface area contributed by atoms with Crippen LogP contribution < -0.4 is 5.32 Å². The first-order valence-electron chi connectivity index (χ1n) is 9.77. The van der Waals surface area contributed by atoms with E-state index in [4.69, 9.17) is 0 Å². The third-order valence-corrected chi connectivity index (χ3v) is 5.77. The van der Waals surface area contributed by atoms with Crippen molar-refractivity contribution < 1.29 is 9.18 Å². The summed E-state index contributed by atoms with van der Waals surface area (Å²) in [4.78, 5) is 12.4. The molecule has 0 radical (unpaired) electrons. The summed E-state index contributed by atoms with van der Waals surface area (Å²) in [5, 5.41) is 12.1. The molecule has 5 nitrogen and oxygen atoms in total. The number of nitrogens with one attached hydrogen (secondary N) is 1. The zero-order valence-electron chi connectivity index (χ0n) is 17.2. The number of rotatable bonds is 6. The first-order valence-corrected chi connectivity index (χ1v) is 10.8. The topological polar surface area (TPSA) is 59.8 Å². The fourth-order valence-corrected chi connectivity index (χ4v) is 4.02. The van der Waals surface area contributed by atoms with Gasteiger partial charge in [-0.2, -0.15) is 0 Å². The number of nitrogens with zero attached hydrogens (tertiary/aromatic N) is 3. The second-order valence-corrected chi connectivity index (χ2v) is 8.09. The molecule has 1 N–H and O–H groups in total. The number of carbonyl (C=O) groups excluding carboxylic acids is 1. The predicted molar refractivity (Wildman–Crippen MR) is 121 cm³/mol. The molecular weight excluding hydrogens is 411 g/mol. The van der Waals surface area contributed by atoms with Crippen molar-refractivity contribution in [2.45, 2.75) is 24.8 Å².